The molecule has 1 heterocycles. The Bertz CT molecular complexity index is 409. The summed E-state index contributed by atoms with van der Waals surface area (Å²) in [5.74, 6) is -0.518. The first-order valence-electron chi connectivity index (χ1n) is 5.42. The van der Waals surface area contributed by atoms with Crippen molar-refractivity contribution in [3.63, 3.8) is 0 Å². The highest BCUT2D eigenvalue weighted by Gasteiger charge is 2.19. The van der Waals surface area contributed by atoms with Crippen LogP contribution in [0.5, 0.6) is 0 Å². The monoisotopic (exact) mass is 223 g/mol. The van der Waals surface area contributed by atoms with Crippen LogP contribution in [0, 0.1) is 5.92 Å². The minimum atomic E-state index is -0.950. The van der Waals surface area contributed by atoms with Crippen LogP contribution >= 0.6 is 0 Å². The van der Waals surface area contributed by atoms with Gasteiger partial charge in [-0.1, -0.05) is 19.9 Å². The highest BCUT2D eigenvalue weighted by molar-refractivity contribution is 5.71. The van der Waals surface area contributed by atoms with Gasteiger partial charge in [-0.2, -0.15) is 0 Å². The van der Waals surface area contributed by atoms with Gasteiger partial charge in [-0.05, 0) is 24.8 Å². The van der Waals surface area contributed by atoms with Gasteiger partial charge < -0.3 is 9.67 Å². The van der Waals surface area contributed by atoms with Crippen molar-refractivity contribution in [2.24, 2.45) is 5.92 Å². The predicted octanol–water partition coefficient (Wildman–Crippen LogP) is 1.91. The van der Waals surface area contributed by atoms with Gasteiger partial charge in [0.25, 0.3) is 5.56 Å². The van der Waals surface area contributed by atoms with Crippen molar-refractivity contribution in [2.75, 3.05) is 0 Å². The van der Waals surface area contributed by atoms with Gasteiger partial charge in [0.05, 0.1) is 0 Å². The number of rotatable bonds is 5. The van der Waals surface area contributed by atoms with Crippen molar-refractivity contribution in [1.29, 1.82) is 0 Å². The number of carbonyl (C=O) groups is 1. The first-order chi connectivity index (χ1) is 7.52. The first kappa shape index (κ1) is 12.5. The van der Waals surface area contributed by atoms with Crippen molar-refractivity contribution in [3.8, 4) is 0 Å². The molecule has 0 saturated carbocycles. The molecular formula is C12H17NO3. The molecule has 0 aromatic carbocycles. The average molecular weight is 223 g/mol. The fourth-order valence-electron chi connectivity index (χ4n) is 1.57. The molecule has 1 atom stereocenters. The zero-order valence-corrected chi connectivity index (χ0v) is 9.59. The molecule has 0 aliphatic carbocycles. The summed E-state index contributed by atoms with van der Waals surface area (Å²) >= 11 is 0. The van der Waals surface area contributed by atoms with Gasteiger partial charge in [0.1, 0.15) is 6.04 Å². The Labute approximate surface area is 94.5 Å². The highest BCUT2D eigenvalue weighted by Crippen LogP contribution is 2.16. The molecule has 1 unspecified atom stereocenters. The Kier molecular flexibility index (Phi) is 4.28. The minimum absolute atomic E-state index is 0.265. The molecule has 0 saturated heterocycles. The van der Waals surface area contributed by atoms with Crippen LogP contribution in [0.1, 0.15) is 32.7 Å². The summed E-state index contributed by atoms with van der Waals surface area (Å²) in [5.41, 5.74) is -0.265. The average Bonchev–Trinajstić information content (AvgIpc) is 2.20. The normalized spacial score (nSPS) is 12.7. The molecular weight excluding hydrogens is 206 g/mol. The minimum Gasteiger partial charge on any atom is -0.480 e. The molecule has 4 nitrogen and oxygen atoms in total. The second-order valence-corrected chi connectivity index (χ2v) is 4.27. The number of carboxylic acid groups (broad SMARTS) is 1. The lowest BCUT2D eigenvalue weighted by atomic mass is 10.0. The number of aliphatic carboxylic acids is 1. The number of carboxylic acids is 1. The van der Waals surface area contributed by atoms with E-state index < -0.39 is 12.0 Å². The first-order valence-corrected chi connectivity index (χ1v) is 5.42. The molecule has 16 heavy (non-hydrogen) atoms. The molecule has 1 N–H and O–H groups in total. The Balaban J connectivity index is 2.90. The van der Waals surface area contributed by atoms with E-state index in [0.717, 1.165) is 6.42 Å². The lowest BCUT2D eigenvalue weighted by Gasteiger charge is -2.16. The van der Waals surface area contributed by atoms with Crippen LogP contribution in [0.4, 0.5) is 0 Å². The molecule has 0 bridgehead atoms. The van der Waals surface area contributed by atoms with Crippen LogP contribution in [-0.4, -0.2) is 15.6 Å². The maximum Gasteiger partial charge on any atom is 0.326 e. The second-order valence-electron chi connectivity index (χ2n) is 4.27. The maximum atomic E-state index is 11.5. The molecule has 0 amide bonds. The summed E-state index contributed by atoms with van der Waals surface area (Å²) in [4.78, 5) is 22.6. The zero-order chi connectivity index (χ0) is 12.1. The van der Waals surface area contributed by atoms with Crippen LogP contribution in [0.2, 0.25) is 0 Å². The third kappa shape index (κ3) is 3.22. The van der Waals surface area contributed by atoms with Crippen molar-refractivity contribution in [2.45, 2.75) is 32.7 Å². The molecule has 4 heteroatoms. The number of nitrogens with zero attached hydrogens (tertiary/aromatic N) is 1. The second kappa shape index (κ2) is 5.49. The molecule has 0 aliphatic rings. The van der Waals surface area contributed by atoms with Crippen LogP contribution in [0.25, 0.3) is 0 Å². The summed E-state index contributed by atoms with van der Waals surface area (Å²) in [6, 6.07) is 3.91. The third-order valence-electron chi connectivity index (χ3n) is 2.49. The van der Waals surface area contributed by atoms with E-state index in [-0.39, 0.29) is 5.56 Å². The van der Waals surface area contributed by atoms with E-state index in [1.54, 1.807) is 12.1 Å². The molecule has 0 aliphatic heterocycles. The number of hydrogen-bond acceptors (Lipinski definition) is 2. The van der Waals surface area contributed by atoms with Gasteiger partial charge in [-0.3, -0.25) is 4.79 Å². The van der Waals surface area contributed by atoms with Gasteiger partial charge in [0, 0.05) is 12.3 Å². The molecule has 0 fully saturated rings. The van der Waals surface area contributed by atoms with Gasteiger partial charge in [-0.15, -0.1) is 0 Å². The van der Waals surface area contributed by atoms with Crippen LogP contribution in [0.15, 0.2) is 29.2 Å². The molecule has 88 valence electrons. The quantitative estimate of drug-likeness (QED) is 0.829. The Hall–Kier alpha value is -1.58. The zero-order valence-electron chi connectivity index (χ0n) is 9.59. The highest BCUT2D eigenvalue weighted by atomic mass is 16.4. The summed E-state index contributed by atoms with van der Waals surface area (Å²) < 4.78 is 1.28. The largest absolute Gasteiger partial charge is 0.480 e. The molecule has 1 rings (SSSR count). The van der Waals surface area contributed by atoms with Gasteiger partial charge >= 0.3 is 5.97 Å². The van der Waals surface area contributed by atoms with Crippen molar-refractivity contribution in [1.82, 2.24) is 4.57 Å². The summed E-state index contributed by atoms with van der Waals surface area (Å²) in [6.45, 7) is 4.07. The van der Waals surface area contributed by atoms with Crippen LogP contribution in [-0.2, 0) is 4.79 Å². The van der Waals surface area contributed by atoms with E-state index in [9.17, 15) is 9.59 Å². The maximum absolute atomic E-state index is 11.5. The van der Waals surface area contributed by atoms with E-state index >= 15 is 0 Å². The van der Waals surface area contributed by atoms with Crippen molar-refractivity contribution >= 4 is 5.97 Å². The van der Waals surface area contributed by atoms with E-state index in [2.05, 4.69) is 0 Å². The standard InChI is InChI=1S/C12H17NO3/c1-9(2)6-7-10(12(15)16)13-8-4-3-5-11(13)14/h3-5,8-10H,6-7H2,1-2H3,(H,15,16). The number of aromatic nitrogens is 1. The third-order valence-corrected chi connectivity index (χ3v) is 2.49. The Morgan fingerprint density at radius 3 is 2.56 bits per heavy atom. The Morgan fingerprint density at radius 2 is 2.06 bits per heavy atom. The van der Waals surface area contributed by atoms with Gasteiger partial charge in [-0.25, -0.2) is 4.79 Å². The number of pyridine rings is 1. The summed E-state index contributed by atoms with van der Waals surface area (Å²) in [5, 5.41) is 9.10. The molecule has 1 aromatic heterocycles. The van der Waals surface area contributed by atoms with E-state index in [0.29, 0.717) is 12.3 Å². The number of hydrogen-bond donors (Lipinski definition) is 1. The van der Waals surface area contributed by atoms with E-state index in [1.165, 1.54) is 16.8 Å². The van der Waals surface area contributed by atoms with Crippen molar-refractivity contribution < 1.29 is 9.90 Å². The lowest BCUT2D eigenvalue weighted by molar-refractivity contribution is -0.141. The van der Waals surface area contributed by atoms with E-state index in [4.69, 9.17) is 5.11 Å². The SMILES string of the molecule is CC(C)CCC(C(=O)O)n1ccccc1=O. The fourth-order valence-corrected chi connectivity index (χ4v) is 1.57. The van der Waals surface area contributed by atoms with Crippen LogP contribution < -0.4 is 5.56 Å². The van der Waals surface area contributed by atoms with Crippen molar-refractivity contribution in [3.05, 3.63) is 34.7 Å². The molecule has 1 aromatic rings. The molecule has 0 spiro atoms. The smallest absolute Gasteiger partial charge is 0.326 e. The summed E-state index contributed by atoms with van der Waals surface area (Å²) in [7, 11) is 0. The lowest BCUT2D eigenvalue weighted by Crippen LogP contribution is -2.29. The Morgan fingerprint density at radius 1 is 1.38 bits per heavy atom. The predicted molar refractivity (Wildman–Crippen MR) is 61.4 cm³/mol. The summed E-state index contributed by atoms with van der Waals surface area (Å²) in [6.07, 6.45) is 2.80. The topological polar surface area (TPSA) is 59.3 Å². The molecule has 0 radical (unpaired) electrons. The van der Waals surface area contributed by atoms with Crippen LogP contribution in [0.3, 0.4) is 0 Å². The van der Waals surface area contributed by atoms with E-state index in [1.807, 2.05) is 13.8 Å². The van der Waals surface area contributed by atoms with Gasteiger partial charge in [0.2, 0.25) is 0 Å². The van der Waals surface area contributed by atoms with Gasteiger partial charge in [0.15, 0.2) is 0 Å². The fraction of sp³-hybridized carbons (Fsp3) is 0.500.